The van der Waals surface area contributed by atoms with E-state index in [1.165, 1.54) is 36.0 Å². The van der Waals surface area contributed by atoms with Crippen LogP contribution in [0.1, 0.15) is 65.0 Å². The lowest BCUT2D eigenvalue weighted by atomic mass is 9.96. The average Bonchev–Trinajstić information content (AvgIpc) is 3.34. The minimum absolute atomic E-state index is 0.0588. The van der Waals surface area contributed by atoms with Gasteiger partial charge in [0.25, 0.3) is 0 Å². The summed E-state index contributed by atoms with van der Waals surface area (Å²) < 4.78 is 42.3. The highest BCUT2D eigenvalue weighted by Gasteiger charge is 2.30. The van der Waals surface area contributed by atoms with Crippen molar-refractivity contribution >= 4 is 29.3 Å². The van der Waals surface area contributed by atoms with Crippen molar-refractivity contribution in [2.45, 2.75) is 55.9 Å². The van der Waals surface area contributed by atoms with Crippen molar-refractivity contribution in [3.63, 3.8) is 0 Å². The molecule has 1 aliphatic carbocycles. The zero-order valence-electron chi connectivity index (χ0n) is 23.5. The lowest BCUT2D eigenvalue weighted by molar-refractivity contribution is 0.0691. The molecule has 0 radical (unpaired) electrons. The normalized spacial score (nSPS) is 16.3. The third kappa shape index (κ3) is 6.83. The molecule has 222 valence electrons. The van der Waals surface area contributed by atoms with Gasteiger partial charge in [0, 0.05) is 36.0 Å². The van der Waals surface area contributed by atoms with Crippen LogP contribution in [0.2, 0.25) is 0 Å². The number of benzene rings is 2. The molecule has 6 rings (SSSR count). The fourth-order valence-electron chi connectivity index (χ4n) is 5.20. The van der Waals surface area contributed by atoms with E-state index >= 15 is 0 Å². The molecule has 0 spiro atoms. The summed E-state index contributed by atoms with van der Waals surface area (Å²) >= 11 is 1.63. The van der Waals surface area contributed by atoms with Gasteiger partial charge in [-0.1, -0.05) is 17.9 Å². The monoisotopic (exact) mass is 622 g/mol. The van der Waals surface area contributed by atoms with Crippen molar-refractivity contribution < 1.29 is 27.6 Å². The van der Waals surface area contributed by atoms with Gasteiger partial charge in [0.15, 0.2) is 23.6 Å². The summed E-state index contributed by atoms with van der Waals surface area (Å²) in [5.41, 5.74) is 3.96. The number of carboxylic acid groups (broad SMARTS) is 1. The minimum Gasteiger partial charge on any atom is -0.476 e. The molecule has 2 fully saturated rings. The van der Waals surface area contributed by atoms with Gasteiger partial charge in [0.05, 0.1) is 30.2 Å². The highest BCUT2D eigenvalue weighted by molar-refractivity contribution is 7.73. The van der Waals surface area contributed by atoms with E-state index in [2.05, 4.69) is 16.8 Å². The summed E-state index contributed by atoms with van der Waals surface area (Å²) in [7, 11) is 1.51. The quantitative estimate of drug-likeness (QED) is 0.129. The first kappa shape index (κ1) is 29.5. The molecule has 4 aromatic rings. The number of halogens is 2. The van der Waals surface area contributed by atoms with Gasteiger partial charge in [-0.3, -0.25) is 0 Å². The first-order valence-corrected chi connectivity index (χ1v) is 15.8. The molecule has 1 atom stereocenters. The Morgan fingerprint density at radius 1 is 1.21 bits per heavy atom. The Bertz CT molecular complexity index is 1720. The van der Waals surface area contributed by atoms with Gasteiger partial charge < -0.3 is 9.84 Å². The van der Waals surface area contributed by atoms with Crippen molar-refractivity contribution in [1.29, 1.82) is 0 Å². The zero-order chi connectivity index (χ0) is 29.9. The summed E-state index contributed by atoms with van der Waals surface area (Å²) in [6.07, 6.45) is 5.82. The fraction of sp³-hybridized carbons (Fsp3) is 0.344. The van der Waals surface area contributed by atoms with Gasteiger partial charge in [-0.15, -0.1) is 11.3 Å². The SMILES string of the molecule is CO[SH+]c1ccc(Cc2c(-c3ccc(F)c(C#CCC4CCCO4)c3)nn(-c3nc(C(=O)O)cs3)c2CC2CC2)cc1F. The molecule has 1 aliphatic heterocycles. The maximum Gasteiger partial charge on any atom is 0.355 e. The second-order valence-corrected chi connectivity index (χ2v) is 12.6. The predicted molar refractivity (Wildman–Crippen MR) is 162 cm³/mol. The van der Waals surface area contributed by atoms with Crippen LogP contribution in [-0.4, -0.2) is 45.7 Å². The number of hydrogen-bond acceptors (Lipinski definition) is 6. The largest absolute Gasteiger partial charge is 0.476 e. The molecular formula is C32H30F2N3O4S2+. The molecule has 1 saturated carbocycles. The number of thiazole rings is 1. The molecule has 1 saturated heterocycles. The standard InChI is InChI=1S/C32H29F2N3O4S2/c1-40-43-29-12-9-20(15-26(29)34)14-24-28(16-19-7-8-19)37(32-35-27(18-42-32)31(38)39)36-30(24)22-10-11-25(33)21(17-22)4-2-5-23-6-3-13-41-23/h9-12,15,17-19,23H,3,5-8,13-14,16H2,1H3,(H,38,39)/p+1. The number of carbonyl (C=O) groups is 1. The van der Waals surface area contributed by atoms with E-state index in [-0.39, 0.29) is 23.2 Å². The Morgan fingerprint density at radius 3 is 2.77 bits per heavy atom. The summed E-state index contributed by atoms with van der Waals surface area (Å²) in [4.78, 5) is 16.4. The van der Waals surface area contributed by atoms with Crippen LogP contribution in [-0.2, 0) is 33.8 Å². The van der Waals surface area contributed by atoms with Crippen LogP contribution < -0.4 is 0 Å². The molecule has 2 aromatic carbocycles. The molecule has 0 bridgehead atoms. The van der Waals surface area contributed by atoms with Gasteiger partial charge in [0.2, 0.25) is 10.0 Å². The van der Waals surface area contributed by atoms with Gasteiger partial charge in [-0.25, -0.2) is 23.2 Å². The van der Waals surface area contributed by atoms with Crippen molar-refractivity contribution in [3.05, 3.63) is 81.5 Å². The Labute approximate surface area is 256 Å². The van der Waals surface area contributed by atoms with Crippen molar-refractivity contribution in [2.24, 2.45) is 5.92 Å². The third-order valence-corrected chi connectivity index (χ3v) is 9.12. The van der Waals surface area contributed by atoms with Gasteiger partial charge in [-0.2, -0.15) is 9.28 Å². The van der Waals surface area contributed by atoms with E-state index in [1.807, 2.05) is 6.07 Å². The van der Waals surface area contributed by atoms with Crippen LogP contribution >= 0.6 is 11.3 Å². The number of aromatic nitrogens is 3. The Hall–Kier alpha value is -3.56. The first-order valence-electron chi connectivity index (χ1n) is 14.1. The third-order valence-electron chi connectivity index (χ3n) is 7.56. The summed E-state index contributed by atoms with van der Waals surface area (Å²) in [6, 6.07) is 9.83. The van der Waals surface area contributed by atoms with E-state index in [4.69, 9.17) is 14.0 Å². The van der Waals surface area contributed by atoms with Gasteiger partial charge >= 0.3 is 5.97 Å². The number of thiol groups is 1. The second kappa shape index (κ2) is 13.0. The molecule has 1 unspecified atom stereocenters. The van der Waals surface area contributed by atoms with E-state index in [0.29, 0.717) is 58.5 Å². The molecule has 3 heterocycles. The predicted octanol–water partition coefficient (Wildman–Crippen LogP) is 6.17. The number of ether oxygens (including phenoxy) is 1. The molecule has 2 aliphatic rings. The van der Waals surface area contributed by atoms with Crippen LogP contribution in [0.5, 0.6) is 0 Å². The smallest absolute Gasteiger partial charge is 0.355 e. The Kier molecular flexibility index (Phi) is 8.90. The first-order chi connectivity index (χ1) is 20.9. The molecular weight excluding hydrogens is 592 g/mol. The van der Waals surface area contributed by atoms with Crippen LogP contribution in [0.25, 0.3) is 16.4 Å². The molecule has 11 heteroatoms. The lowest BCUT2D eigenvalue weighted by Crippen LogP contribution is -2.06. The molecule has 7 nitrogen and oxygen atoms in total. The van der Waals surface area contributed by atoms with Crippen LogP contribution in [0.4, 0.5) is 8.78 Å². The number of rotatable bonds is 10. The minimum atomic E-state index is -1.12. The molecule has 2 aromatic heterocycles. The van der Waals surface area contributed by atoms with E-state index < -0.39 is 11.8 Å². The van der Waals surface area contributed by atoms with Gasteiger partial charge in [-0.05, 0) is 73.9 Å². The Morgan fingerprint density at radius 2 is 2.07 bits per heavy atom. The second-order valence-electron chi connectivity index (χ2n) is 10.7. The number of nitrogens with zero attached hydrogens (tertiary/aromatic N) is 3. The molecule has 1 N–H and O–H groups in total. The lowest BCUT2D eigenvalue weighted by Gasteiger charge is -2.09. The van der Waals surface area contributed by atoms with E-state index in [1.54, 1.807) is 22.9 Å². The number of carboxylic acids is 1. The average molecular weight is 623 g/mol. The van der Waals surface area contributed by atoms with Crippen molar-refractivity contribution in [3.8, 4) is 28.2 Å². The molecule has 0 amide bonds. The van der Waals surface area contributed by atoms with Crippen LogP contribution in [0, 0.1) is 29.4 Å². The topological polar surface area (TPSA) is 86.5 Å². The summed E-state index contributed by atoms with van der Waals surface area (Å²) in [5, 5.41) is 16.4. The maximum atomic E-state index is 14.9. The highest BCUT2D eigenvalue weighted by Crippen LogP contribution is 2.38. The highest BCUT2D eigenvalue weighted by atomic mass is 32.2. The number of hydrogen-bond donors (Lipinski definition) is 1. The zero-order valence-corrected chi connectivity index (χ0v) is 25.2. The van der Waals surface area contributed by atoms with Crippen molar-refractivity contribution in [2.75, 3.05) is 13.7 Å². The van der Waals surface area contributed by atoms with E-state index in [9.17, 15) is 18.7 Å². The summed E-state index contributed by atoms with van der Waals surface area (Å²) in [5.74, 6) is 4.61. The number of aromatic carboxylic acids is 1. The van der Waals surface area contributed by atoms with Crippen LogP contribution in [0.15, 0.2) is 46.7 Å². The summed E-state index contributed by atoms with van der Waals surface area (Å²) in [6.45, 7) is 0.733. The fourth-order valence-corrected chi connectivity index (χ4v) is 6.45. The van der Waals surface area contributed by atoms with Gasteiger partial charge in [0.1, 0.15) is 5.82 Å². The van der Waals surface area contributed by atoms with Crippen LogP contribution in [0.3, 0.4) is 0 Å². The maximum absolute atomic E-state index is 14.9. The molecule has 43 heavy (non-hydrogen) atoms. The Balaban J connectivity index is 1.45. The van der Waals surface area contributed by atoms with Crippen molar-refractivity contribution in [1.82, 2.24) is 14.8 Å². The van der Waals surface area contributed by atoms with E-state index in [0.717, 1.165) is 49.1 Å².